The van der Waals surface area contributed by atoms with Crippen molar-refractivity contribution < 1.29 is 50.3 Å². The number of hydrogen-bond acceptors (Lipinski definition) is 0. The van der Waals surface area contributed by atoms with Gasteiger partial charge in [-0.05, 0) is 0 Å². The van der Waals surface area contributed by atoms with Crippen molar-refractivity contribution in [2.75, 3.05) is 0 Å². The summed E-state index contributed by atoms with van der Waals surface area (Å²) in [4.78, 5) is 0. The van der Waals surface area contributed by atoms with E-state index < -0.39 is 0 Å². The van der Waals surface area contributed by atoms with Gasteiger partial charge >= 0.3 is 0 Å². The van der Waals surface area contributed by atoms with E-state index in [1.165, 1.54) is 0 Å². The van der Waals surface area contributed by atoms with E-state index in [1.54, 1.807) is 0 Å². The summed E-state index contributed by atoms with van der Waals surface area (Å²) in [5.74, 6) is 0. The molecule has 0 heterocycles. The Labute approximate surface area is 99.3 Å². The van der Waals surface area contributed by atoms with E-state index in [4.69, 9.17) is 0 Å². The third-order valence-electron chi connectivity index (χ3n) is 0. The van der Waals surface area contributed by atoms with Crippen molar-refractivity contribution in [2.45, 2.75) is 0 Å². The van der Waals surface area contributed by atoms with Crippen LogP contribution in [0.25, 0.3) is 0 Å². The number of hydrogen-bond donors (Lipinski definition) is 0. The fourth-order valence-electron chi connectivity index (χ4n) is 0. The third-order valence-corrected chi connectivity index (χ3v) is 0. The van der Waals surface area contributed by atoms with Gasteiger partial charge in [0, 0.05) is 102 Å². The van der Waals surface area contributed by atoms with E-state index in [2.05, 4.69) is 0 Å². The molecule has 0 aliphatic rings. The summed E-state index contributed by atoms with van der Waals surface area (Å²) in [5, 5.41) is 0. The zero-order valence-electron chi connectivity index (χ0n) is 2.03. The first-order valence-corrected chi connectivity index (χ1v) is 0. The molecule has 0 saturated carbocycles. The molecule has 3 radical (unpaired) electrons. The van der Waals surface area contributed by atoms with Crippen LogP contribution in [0.2, 0.25) is 0 Å². The monoisotopic (exact) mass is 211 g/mol. The van der Waals surface area contributed by atoms with Crippen LogP contribution in [0.4, 0.5) is 0 Å². The van der Waals surface area contributed by atoms with Crippen LogP contribution in [0, 0.1) is 0 Å². The molecule has 4 heteroatoms. The molecule has 27 valence electrons. The van der Waals surface area contributed by atoms with Crippen LogP contribution < -0.4 is 0 Å². The van der Waals surface area contributed by atoms with E-state index in [0.29, 0.717) is 0 Å². The van der Waals surface area contributed by atoms with Gasteiger partial charge in [0.1, 0.15) is 0 Å². The Hall–Kier alpha value is 3.16. The first-order valence-electron chi connectivity index (χ1n) is 0. The van der Waals surface area contributed by atoms with Gasteiger partial charge in [0.15, 0.2) is 0 Å². The van der Waals surface area contributed by atoms with Gasteiger partial charge in [-0.15, -0.1) is 0 Å². The second-order valence-electron chi connectivity index (χ2n) is 0. The average Bonchev–Trinajstić information content (AvgIpc) is 0. The molecule has 0 aliphatic heterocycles. The summed E-state index contributed by atoms with van der Waals surface area (Å²) in [6, 6.07) is 0. The van der Waals surface area contributed by atoms with Crippen LogP contribution in [0.15, 0.2) is 0 Å². The van der Waals surface area contributed by atoms with E-state index in [0.717, 1.165) is 0 Å². The molecule has 4 heavy (non-hydrogen) atoms. The molecule has 0 unspecified atom stereocenters. The first kappa shape index (κ1) is 27.2. The summed E-state index contributed by atoms with van der Waals surface area (Å²) in [6.07, 6.45) is 0. The van der Waals surface area contributed by atoms with Crippen molar-refractivity contribution in [3.8, 4) is 0 Å². The SMILES string of the molecule is [Co].[K].[Mn].[Ni]. The van der Waals surface area contributed by atoms with Crippen molar-refractivity contribution in [3.63, 3.8) is 0 Å². The molecule has 0 aromatic carbocycles. The van der Waals surface area contributed by atoms with Gasteiger partial charge in [-0.2, -0.15) is 0 Å². The van der Waals surface area contributed by atoms with Crippen molar-refractivity contribution in [3.05, 3.63) is 0 Å². The van der Waals surface area contributed by atoms with Crippen molar-refractivity contribution in [1.29, 1.82) is 0 Å². The molecule has 0 bridgehead atoms. The normalized spacial score (nSPS) is 0. The molecular formula is CoKMnNi. The molecular weight excluding hydrogens is 212 g/mol. The van der Waals surface area contributed by atoms with Gasteiger partial charge in [-0.25, -0.2) is 0 Å². The smallest absolute Gasteiger partial charge is 0 e. The summed E-state index contributed by atoms with van der Waals surface area (Å²) in [6.45, 7) is 0. The molecule has 0 rings (SSSR count). The topological polar surface area (TPSA) is 0 Å². The first-order chi connectivity index (χ1) is 0. The van der Waals surface area contributed by atoms with E-state index in [1.807, 2.05) is 0 Å². The molecule has 0 aliphatic carbocycles. The van der Waals surface area contributed by atoms with E-state index >= 15 is 0 Å². The summed E-state index contributed by atoms with van der Waals surface area (Å²) in [7, 11) is 0. The van der Waals surface area contributed by atoms with Gasteiger partial charge in [0.25, 0.3) is 0 Å². The number of rotatable bonds is 0. The molecule has 0 atom stereocenters. The molecule has 0 spiro atoms. The van der Waals surface area contributed by atoms with Crippen LogP contribution in [0.5, 0.6) is 0 Å². The fraction of sp³-hybridized carbons (Fsp3) is 0. The molecule has 0 aromatic heterocycles. The Bertz CT molecular complexity index is 8.00. The molecule has 0 N–H and O–H groups in total. The van der Waals surface area contributed by atoms with Gasteiger partial charge in [0.05, 0.1) is 0 Å². The quantitative estimate of drug-likeness (QED) is 0.479. The average molecular weight is 212 g/mol. The van der Waals surface area contributed by atoms with Crippen LogP contribution in [-0.2, 0) is 50.3 Å². The molecule has 0 fully saturated rings. The zero-order chi connectivity index (χ0) is 0. The van der Waals surface area contributed by atoms with E-state index in [-0.39, 0.29) is 102 Å². The minimum absolute atomic E-state index is 0. The van der Waals surface area contributed by atoms with Gasteiger partial charge in [0.2, 0.25) is 0 Å². The third kappa shape index (κ3) is 8.94. The molecule has 0 saturated heterocycles. The largest absolute Gasteiger partial charge is 0 e. The standard InChI is InChI=1S/Co.K.Mn.Ni. The Morgan fingerprint density at radius 3 is 1.00 bits per heavy atom. The Morgan fingerprint density at radius 1 is 1.00 bits per heavy atom. The molecule has 0 nitrogen and oxygen atoms in total. The second-order valence-corrected chi connectivity index (χ2v) is 0. The second kappa shape index (κ2) is 16.4. The predicted molar refractivity (Wildman–Crippen MR) is 5.75 cm³/mol. The van der Waals surface area contributed by atoms with Gasteiger partial charge in [-0.3, -0.25) is 0 Å². The van der Waals surface area contributed by atoms with Crippen molar-refractivity contribution >= 4 is 51.4 Å². The van der Waals surface area contributed by atoms with Gasteiger partial charge < -0.3 is 0 Å². The van der Waals surface area contributed by atoms with Crippen LogP contribution >= 0.6 is 0 Å². The summed E-state index contributed by atoms with van der Waals surface area (Å²) >= 11 is 0. The van der Waals surface area contributed by atoms with Crippen molar-refractivity contribution in [1.82, 2.24) is 0 Å². The van der Waals surface area contributed by atoms with Crippen molar-refractivity contribution in [2.24, 2.45) is 0 Å². The van der Waals surface area contributed by atoms with Crippen LogP contribution in [0.1, 0.15) is 0 Å². The Kier molecular flexibility index (Phi) is 112. The maximum absolute atomic E-state index is 0. The van der Waals surface area contributed by atoms with E-state index in [9.17, 15) is 0 Å². The fourth-order valence-corrected chi connectivity index (χ4v) is 0. The Morgan fingerprint density at radius 2 is 1.00 bits per heavy atom. The minimum Gasteiger partial charge on any atom is 0 e. The summed E-state index contributed by atoms with van der Waals surface area (Å²) < 4.78 is 0. The minimum atomic E-state index is 0. The molecule has 0 aromatic rings. The predicted octanol–water partition coefficient (Wildman–Crippen LogP) is -0.388. The maximum Gasteiger partial charge on any atom is 0 e. The zero-order valence-corrected chi connectivity index (χ0v) is 8.36. The summed E-state index contributed by atoms with van der Waals surface area (Å²) in [5.41, 5.74) is 0. The maximum atomic E-state index is 0. The molecule has 0 amide bonds. The van der Waals surface area contributed by atoms with Crippen LogP contribution in [0.3, 0.4) is 0 Å². The van der Waals surface area contributed by atoms with Gasteiger partial charge in [-0.1, -0.05) is 0 Å². The Balaban J connectivity index is 0. The van der Waals surface area contributed by atoms with Crippen LogP contribution in [-0.4, -0.2) is 51.4 Å².